The van der Waals surface area contributed by atoms with Crippen LogP contribution in [0, 0.1) is 0 Å². The molecule has 1 saturated carbocycles. The quantitative estimate of drug-likeness (QED) is 0.805. The highest BCUT2D eigenvalue weighted by Gasteiger charge is 2.22. The van der Waals surface area contributed by atoms with Crippen LogP contribution in [-0.4, -0.2) is 22.1 Å². The molecule has 1 heterocycles. The van der Waals surface area contributed by atoms with E-state index in [1.165, 1.54) is 24.2 Å². The molecule has 1 unspecified atom stereocenters. The fourth-order valence-electron chi connectivity index (χ4n) is 2.87. The smallest absolute Gasteiger partial charge is 0.108 e. The van der Waals surface area contributed by atoms with Crippen LogP contribution in [-0.2, 0) is 13.0 Å². The summed E-state index contributed by atoms with van der Waals surface area (Å²) in [6.07, 6.45) is 8.89. The summed E-state index contributed by atoms with van der Waals surface area (Å²) in [5, 5.41) is 3.69. The zero-order valence-corrected chi connectivity index (χ0v) is 12.8. The van der Waals surface area contributed by atoms with Gasteiger partial charge in [-0.2, -0.15) is 0 Å². The molecule has 3 nitrogen and oxygen atoms in total. The molecule has 0 amide bonds. The molecule has 112 valence electrons. The van der Waals surface area contributed by atoms with Crippen LogP contribution in [0.4, 0.5) is 0 Å². The predicted molar refractivity (Wildman–Crippen MR) is 86.4 cm³/mol. The Morgan fingerprint density at radius 1 is 1.29 bits per heavy atom. The third-order valence-electron chi connectivity index (χ3n) is 4.36. The number of benzene rings is 1. The predicted octanol–water partition coefficient (Wildman–Crippen LogP) is 3.37. The zero-order chi connectivity index (χ0) is 14.5. The van der Waals surface area contributed by atoms with Crippen LogP contribution in [0.2, 0.25) is 0 Å². The largest absolute Gasteiger partial charge is 0.335 e. The number of hydrogen-bond acceptors (Lipinski definition) is 2. The second-order valence-electron chi connectivity index (χ2n) is 5.96. The molecule has 2 aromatic rings. The second kappa shape index (κ2) is 6.90. The standard InChI is InChI=1S/C18H25N3/c1-2-21-13-12-19-18(21)11-8-16(14-20-17-9-10-17)15-6-4-3-5-7-15/h3-7,12-13,16-17,20H,2,8-11,14H2,1H3. The molecule has 3 rings (SSSR count). The highest BCUT2D eigenvalue weighted by atomic mass is 15.0. The van der Waals surface area contributed by atoms with Gasteiger partial charge in [-0.05, 0) is 37.7 Å². The highest BCUT2D eigenvalue weighted by molar-refractivity contribution is 5.20. The lowest BCUT2D eigenvalue weighted by Crippen LogP contribution is -2.24. The van der Waals surface area contributed by atoms with Crippen molar-refractivity contribution in [3.05, 3.63) is 54.1 Å². The third kappa shape index (κ3) is 3.94. The van der Waals surface area contributed by atoms with Crippen molar-refractivity contribution >= 4 is 0 Å². The maximum atomic E-state index is 4.50. The first-order valence-corrected chi connectivity index (χ1v) is 8.15. The van der Waals surface area contributed by atoms with Gasteiger partial charge in [-0.1, -0.05) is 30.3 Å². The lowest BCUT2D eigenvalue weighted by atomic mass is 9.94. The number of hydrogen-bond donors (Lipinski definition) is 1. The Morgan fingerprint density at radius 3 is 2.81 bits per heavy atom. The van der Waals surface area contributed by atoms with Crippen LogP contribution in [0.15, 0.2) is 42.7 Å². The molecule has 0 saturated heterocycles. The molecule has 0 radical (unpaired) electrons. The summed E-state index contributed by atoms with van der Waals surface area (Å²) in [7, 11) is 0. The molecule has 3 heteroatoms. The number of aromatic nitrogens is 2. The van der Waals surface area contributed by atoms with Gasteiger partial charge in [-0.15, -0.1) is 0 Å². The van der Waals surface area contributed by atoms with Gasteiger partial charge in [0, 0.05) is 37.9 Å². The topological polar surface area (TPSA) is 29.9 Å². The van der Waals surface area contributed by atoms with Crippen molar-refractivity contribution in [2.24, 2.45) is 0 Å². The Bertz CT molecular complexity index is 543. The Balaban J connectivity index is 1.63. The van der Waals surface area contributed by atoms with E-state index < -0.39 is 0 Å². The van der Waals surface area contributed by atoms with E-state index >= 15 is 0 Å². The van der Waals surface area contributed by atoms with Crippen LogP contribution < -0.4 is 5.32 Å². The van der Waals surface area contributed by atoms with Crippen molar-refractivity contribution in [2.45, 2.75) is 51.1 Å². The van der Waals surface area contributed by atoms with E-state index in [0.29, 0.717) is 5.92 Å². The molecule has 0 spiro atoms. The number of nitrogens with one attached hydrogen (secondary N) is 1. The van der Waals surface area contributed by atoms with E-state index in [2.05, 4.69) is 58.3 Å². The minimum atomic E-state index is 0.578. The molecule has 0 aliphatic heterocycles. The van der Waals surface area contributed by atoms with Crippen molar-refractivity contribution < 1.29 is 0 Å². The van der Waals surface area contributed by atoms with Gasteiger partial charge in [0.05, 0.1) is 0 Å². The van der Waals surface area contributed by atoms with Gasteiger partial charge in [-0.25, -0.2) is 4.98 Å². The Hall–Kier alpha value is -1.61. The van der Waals surface area contributed by atoms with E-state index in [1.54, 1.807) is 0 Å². The monoisotopic (exact) mass is 283 g/mol. The van der Waals surface area contributed by atoms with Gasteiger partial charge in [0.1, 0.15) is 5.82 Å². The third-order valence-corrected chi connectivity index (χ3v) is 4.36. The SMILES string of the molecule is CCn1ccnc1CCC(CNC1CC1)c1ccccc1. The van der Waals surface area contributed by atoms with Gasteiger partial charge < -0.3 is 9.88 Å². The first-order valence-electron chi connectivity index (χ1n) is 8.15. The fraction of sp³-hybridized carbons (Fsp3) is 0.500. The number of imidazole rings is 1. The Kier molecular flexibility index (Phi) is 4.71. The summed E-state index contributed by atoms with van der Waals surface area (Å²) < 4.78 is 2.25. The van der Waals surface area contributed by atoms with Crippen LogP contribution >= 0.6 is 0 Å². The van der Waals surface area contributed by atoms with Crippen LogP contribution in [0.25, 0.3) is 0 Å². The van der Waals surface area contributed by atoms with E-state index in [0.717, 1.165) is 32.0 Å². The number of rotatable bonds is 8. The van der Waals surface area contributed by atoms with Crippen molar-refractivity contribution in [1.29, 1.82) is 0 Å². The summed E-state index contributed by atoms with van der Waals surface area (Å²) in [4.78, 5) is 4.50. The van der Waals surface area contributed by atoms with Crippen molar-refractivity contribution in [3.63, 3.8) is 0 Å². The minimum Gasteiger partial charge on any atom is -0.335 e. The lowest BCUT2D eigenvalue weighted by Gasteiger charge is -2.18. The van der Waals surface area contributed by atoms with E-state index in [4.69, 9.17) is 0 Å². The number of aryl methyl sites for hydroxylation is 2. The van der Waals surface area contributed by atoms with Gasteiger partial charge in [-0.3, -0.25) is 0 Å². The first-order chi connectivity index (χ1) is 10.4. The van der Waals surface area contributed by atoms with E-state index in [9.17, 15) is 0 Å². The van der Waals surface area contributed by atoms with E-state index in [1.807, 2.05) is 6.20 Å². The normalized spacial score (nSPS) is 16.0. The van der Waals surface area contributed by atoms with Gasteiger partial charge in [0.15, 0.2) is 0 Å². The van der Waals surface area contributed by atoms with Crippen LogP contribution in [0.1, 0.15) is 43.5 Å². The van der Waals surface area contributed by atoms with Crippen LogP contribution in [0.3, 0.4) is 0 Å². The molecular formula is C18H25N3. The summed E-state index contributed by atoms with van der Waals surface area (Å²) in [5.74, 6) is 1.79. The molecule has 0 bridgehead atoms. The molecule has 1 aliphatic carbocycles. The Labute approximate surface area is 127 Å². The minimum absolute atomic E-state index is 0.578. The summed E-state index contributed by atoms with van der Waals surface area (Å²) in [6, 6.07) is 11.7. The molecule has 1 aromatic heterocycles. The van der Waals surface area contributed by atoms with Crippen molar-refractivity contribution in [3.8, 4) is 0 Å². The zero-order valence-electron chi connectivity index (χ0n) is 12.8. The van der Waals surface area contributed by atoms with Crippen molar-refractivity contribution in [1.82, 2.24) is 14.9 Å². The van der Waals surface area contributed by atoms with Gasteiger partial charge in [0.2, 0.25) is 0 Å². The maximum Gasteiger partial charge on any atom is 0.108 e. The lowest BCUT2D eigenvalue weighted by molar-refractivity contribution is 0.534. The highest BCUT2D eigenvalue weighted by Crippen LogP contribution is 2.24. The first kappa shape index (κ1) is 14.3. The number of nitrogens with zero attached hydrogens (tertiary/aromatic N) is 2. The Morgan fingerprint density at radius 2 is 2.10 bits per heavy atom. The summed E-state index contributed by atoms with van der Waals surface area (Å²) >= 11 is 0. The summed E-state index contributed by atoms with van der Waals surface area (Å²) in [6.45, 7) is 4.27. The molecular weight excluding hydrogens is 258 g/mol. The van der Waals surface area contributed by atoms with E-state index in [-0.39, 0.29) is 0 Å². The van der Waals surface area contributed by atoms with Crippen molar-refractivity contribution in [2.75, 3.05) is 6.54 Å². The average Bonchev–Trinajstić information content (AvgIpc) is 3.25. The van der Waals surface area contributed by atoms with Crippen LogP contribution in [0.5, 0.6) is 0 Å². The molecule has 1 N–H and O–H groups in total. The molecule has 1 aliphatic rings. The average molecular weight is 283 g/mol. The molecule has 21 heavy (non-hydrogen) atoms. The molecule has 1 aromatic carbocycles. The molecule has 1 atom stereocenters. The fourth-order valence-corrected chi connectivity index (χ4v) is 2.87. The molecule has 1 fully saturated rings. The maximum absolute atomic E-state index is 4.50. The second-order valence-corrected chi connectivity index (χ2v) is 5.96. The van der Waals surface area contributed by atoms with Gasteiger partial charge in [0.25, 0.3) is 0 Å². The van der Waals surface area contributed by atoms with Gasteiger partial charge >= 0.3 is 0 Å². The summed E-state index contributed by atoms with van der Waals surface area (Å²) in [5.41, 5.74) is 1.44.